The minimum Gasteiger partial charge on any atom is -0.506 e. The maximum absolute atomic E-state index is 11.6. The summed E-state index contributed by atoms with van der Waals surface area (Å²) in [5, 5.41) is 12.5. The third-order valence-electron chi connectivity index (χ3n) is 2.50. The van der Waals surface area contributed by atoms with Crippen LogP contribution in [0.5, 0.6) is 5.75 Å². The maximum atomic E-state index is 11.6. The molecule has 0 spiro atoms. The van der Waals surface area contributed by atoms with Crippen LogP contribution >= 0.6 is 45.2 Å². The number of phenols is 1. The van der Waals surface area contributed by atoms with Crippen LogP contribution in [-0.4, -0.2) is 23.6 Å². The van der Waals surface area contributed by atoms with E-state index >= 15 is 0 Å². The van der Waals surface area contributed by atoms with Gasteiger partial charge in [0.15, 0.2) is 0 Å². The van der Waals surface area contributed by atoms with Gasteiger partial charge in [-0.1, -0.05) is 0 Å². The van der Waals surface area contributed by atoms with Gasteiger partial charge in [0.1, 0.15) is 5.75 Å². The van der Waals surface area contributed by atoms with Crippen LogP contribution in [-0.2, 0) is 14.3 Å². The lowest BCUT2D eigenvalue weighted by atomic mass is 10.0. The molecule has 0 aliphatic rings. The summed E-state index contributed by atoms with van der Waals surface area (Å²) in [5.41, 5.74) is 0.764. The van der Waals surface area contributed by atoms with Crippen molar-refractivity contribution in [2.24, 2.45) is 0 Å². The molecule has 110 valence electrons. The number of amides is 1. The number of carbonyl (C=O) groups is 2. The highest BCUT2D eigenvalue weighted by Crippen LogP contribution is 2.30. The van der Waals surface area contributed by atoms with Crippen LogP contribution in [0, 0.1) is 7.14 Å². The molecule has 0 fully saturated rings. The van der Waals surface area contributed by atoms with Crippen LogP contribution in [0.25, 0.3) is 0 Å². The average Bonchev–Trinajstić information content (AvgIpc) is 2.34. The normalized spacial score (nSPS) is 11.8. The largest absolute Gasteiger partial charge is 0.506 e. The maximum Gasteiger partial charge on any atom is 0.308 e. The third kappa shape index (κ3) is 5.08. The van der Waals surface area contributed by atoms with Gasteiger partial charge in [-0.2, -0.15) is 0 Å². The first kappa shape index (κ1) is 17.5. The second kappa shape index (κ2) is 8.01. The number of benzene rings is 1. The number of ether oxygens (including phenoxy) is 1. The zero-order valence-corrected chi connectivity index (χ0v) is 15.4. The Bertz CT molecular complexity index is 496. The van der Waals surface area contributed by atoms with Gasteiger partial charge in [-0.05, 0) is 69.8 Å². The number of phenolic OH excluding ortho intramolecular Hbond substituents is 1. The summed E-state index contributed by atoms with van der Waals surface area (Å²) in [6.07, 6.45) is 0.0599. The summed E-state index contributed by atoms with van der Waals surface area (Å²) in [5.74, 6) is -0.394. The Morgan fingerprint density at radius 3 is 2.35 bits per heavy atom. The van der Waals surface area contributed by atoms with Gasteiger partial charge in [0.05, 0.1) is 26.2 Å². The number of hydrogen-bond donors (Lipinski definition) is 2. The number of rotatable bonds is 5. The molecule has 0 unspecified atom stereocenters. The van der Waals surface area contributed by atoms with E-state index in [1.807, 2.05) is 45.2 Å². The van der Waals surface area contributed by atoms with Crippen LogP contribution in [0.15, 0.2) is 12.1 Å². The molecule has 1 aromatic carbocycles. The van der Waals surface area contributed by atoms with Gasteiger partial charge in [-0.3, -0.25) is 9.59 Å². The van der Waals surface area contributed by atoms with Crippen molar-refractivity contribution in [1.29, 1.82) is 0 Å². The summed E-state index contributed by atoms with van der Waals surface area (Å²) in [6.45, 7) is 3.43. The highest BCUT2D eigenvalue weighted by Gasteiger charge is 2.20. The van der Waals surface area contributed by atoms with E-state index in [0.29, 0.717) is 13.7 Å². The lowest BCUT2D eigenvalue weighted by Crippen LogP contribution is -2.28. The van der Waals surface area contributed by atoms with Crippen molar-refractivity contribution in [1.82, 2.24) is 5.32 Å². The molecule has 1 amide bonds. The van der Waals surface area contributed by atoms with Crippen LogP contribution in [0.3, 0.4) is 0 Å². The molecule has 1 aromatic rings. The number of aromatic hydroxyl groups is 1. The molecular formula is C13H15I2NO4. The SMILES string of the molecule is CCOC(=O)C[C@@H](NC(C)=O)c1cc(I)c(O)c(I)c1. The smallest absolute Gasteiger partial charge is 0.308 e. The highest BCUT2D eigenvalue weighted by atomic mass is 127. The molecule has 0 saturated heterocycles. The van der Waals surface area contributed by atoms with Gasteiger partial charge in [-0.25, -0.2) is 0 Å². The van der Waals surface area contributed by atoms with Gasteiger partial charge in [0.25, 0.3) is 0 Å². The predicted octanol–water partition coefficient (Wildman–Crippen LogP) is 2.73. The predicted molar refractivity (Wildman–Crippen MR) is 91.3 cm³/mol. The van der Waals surface area contributed by atoms with Crippen molar-refractivity contribution >= 4 is 57.1 Å². The third-order valence-corrected chi connectivity index (χ3v) is 4.14. The Labute approximate surface area is 144 Å². The molecule has 0 bridgehead atoms. The van der Waals surface area contributed by atoms with E-state index in [1.165, 1.54) is 6.92 Å². The van der Waals surface area contributed by atoms with Crippen molar-refractivity contribution in [2.75, 3.05) is 6.61 Å². The first-order chi connectivity index (χ1) is 9.35. The summed E-state index contributed by atoms with van der Waals surface area (Å²) in [7, 11) is 0. The molecule has 2 N–H and O–H groups in total. The van der Waals surface area contributed by atoms with Gasteiger partial charge < -0.3 is 15.2 Å². The van der Waals surface area contributed by atoms with Crippen LogP contribution in [0.1, 0.15) is 31.9 Å². The second-order valence-electron chi connectivity index (χ2n) is 4.10. The zero-order valence-electron chi connectivity index (χ0n) is 11.1. The first-order valence-electron chi connectivity index (χ1n) is 5.95. The average molecular weight is 503 g/mol. The summed E-state index contributed by atoms with van der Waals surface area (Å²) in [4.78, 5) is 22.9. The van der Waals surface area contributed by atoms with Crippen molar-refractivity contribution in [3.63, 3.8) is 0 Å². The second-order valence-corrected chi connectivity index (χ2v) is 6.42. The van der Waals surface area contributed by atoms with Crippen LogP contribution < -0.4 is 5.32 Å². The van der Waals surface area contributed by atoms with Gasteiger partial charge in [0.2, 0.25) is 5.91 Å². The van der Waals surface area contributed by atoms with E-state index in [1.54, 1.807) is 19.1 Å². The van der Waals surface area contributed by atoms with Gasteiger partial charge >= 0.3 is 5.97 Å². The van der Waals surface area contributed by atoms with Crippen molar-refractivity contribution in [3.8, 4) is 5.75 Å². The molecule has 0 aromatic heterocycles. The Kier molecular flexibility index (Phi) is 7.00. The molecule has 0 radical (unpaired) electrons. The monoisotopic (exact) mass is 503 g/mol. The minimum atomic E-state index is -0.464. The fourth-order valence-electron chi connectivity index (χ4n) is 1.67. The number of hydrogen-bond acceptors (Lipinski definition) is 4. The van der Waals surface area contributed by atoms with E-state index < -0.39 is 6.04 Å². The molecule has 7 heteroatoms. The molecule has 1 atom stereocenters. The van der Waals surface area contributed by atoms with Crippen LogP contribution in [0.2, 0.25) is 0 Å². The standard InChI is InChI=1S/C13H15I2NO4/c1-3-20-12(18)6-11(16-7(2)17)8-4-9(14)13(19)10(15)5-8/h4-5,11,19H,3,6H2,1-2H3,(H,16,17)/t11-/m1/s1. The summed E-state index contributed by atoms with van der Waals surface area (Å²) in [6, 6.07) is 3.03. The Hall–Kier alpha value is -0.580. The van der Waals surface area contributed by atoms with Crippen LogP contribution in [0.4, 0.5) is 0 Å². The van der Waals surface area contributed by atoms with Gasteiger partial charge in [-0.15, -0.1) is 0 Å². The minimum absolute atomic E-state index is 0.0599. The molecule has 20 heavy (non-hydrogen) atoms. The zero-order chi connectivity index (χ0) is 15.3. The van der Waals surface area contributed by atoms with E-state index in [2.05, 4.69) is 5.32 Å². The quantitative estimate of drug-likeness (QED) is 0.479. The highest BCUT2D eigenvalue weighted by molar-refractivity contribution is 14.1. The molecular weight excluding hydrogens is 488 g/mol. The number of esters is 1. The fourth-order valence-corrected chi connectivity index (χ4v) is 3.49. The van der Waals surface area contributed by atoms with E-state index in [4.69, 9.17) is 4.74 Å². The first-order valence-corrected chi connectivity index (χ1v) is 8.11. The Balaban J connectivity index is 3.04. The molecule has 0 saturated carbocycles. The molecule has 0 aliphatic heterocycles. The Morgan fingerprint density at radius 1 is 1.35 bits per heavy atom. The lowest BCUT2D eigenvalue weighted by Gasteiger charge is -2.18. The molecule has 0 heterocycles. The van der Waals surface area contributed by atoms with Gasteiger partial charge in [0, 0.05) is 6.92 Å². The molecule has 1 rings (SSSR count). The van der Waals surface area contributed by atoms with Crippen molar-refractivity contribution < 1.29 is 19.4 Å². The fraction of sp³-hybridized carbons (Fsp3) is 0.385. The van der Waals surface area contributed by atoms with Crippen molar-refractivity contribution in [2.45, 2.75) is 26.3 Å². The number of nitrogens with one attached hydrogen (secondary N) is 1. The van der Waals surface area contributed by atoms with Crippen molar-refractivity contribution in [3.05, 3.63) is 24.8 Å². The Morgan fingerprint density at radius 2 is 1.90 bits per heavy atom. The molecule has 0 aliphatic carbocycles. The molecule has 5 nitrogen and oxygen atoms in total. The van der Waals surface area contributed by atoms with E-state index in [0.717, 1.165) is 5.56 Å². The van der Waals surface area contributed by atoms with E-state index in [9.17, 15) is 14.7 Å². The van der Waals surface area contributed by atoms with E-state index in [-0.39, 0.29) is 24.0 Å². The summed E-state index contributed by atoms with van der Waals surface area (Å²) < 4.78 is 6.26. The lowest BCUT2D eigenvalue weighted by molar-refractivity contribution is -0.143. The topological polar surface area (TPSA) is 75.6 Å². The summed E-state index contributed by atoms with van der Waals surface area (Å²) >= 11 is 4.02. The number of halogens is 2. The number of carbonyl (C=O) groups excluding carboxylic acids is 2.